The summed E-state index contributed by atoms with van der Waals surface area (Å²) in [4.78, 5) is 0. The molecule has 1 fully saturated rings. The molecule has 0 radical (unpaired) electrons. The van der Waals surface area contributed by atoms with Crippen LogP contribution >= 0.6 is 0 Å². The van der Waals surface area contributed by atoms with Crippen LogP contribution in [0.25, 0.3) is 11.3 Å². The van der Waals surface area contributed by atoms with Gasteiger partial charge in [-0.25, -0.2) is 4.39 Å². The largest absolute Gasteiger partial charge is 0.267 e. The third-order valence-corrected chi connectivity index (χ3v) is 4.15. The molecule has 0 saturated heterocycles. The van der Waals surface area contributed by atoms with E-state index in [0.29, 0.717) is 5.92 Å². The van der Waals surface area contributed by atoms with Crippen molar-refractivity contribution in [1.29, 1.82) is 0 Å². The molecule has 0 aliphatic heterocycles. The van der Waals surface area contributed by atoms with Crippen LogP contribution in [-0.4, -0.2) is 9.78 Å². The third-order valence-electron chi connectivity index (χ3n) is 4.15. The lowest BCUT2D eigenvalue weighted by Gasteiger charge is -2.12. The van der Waals surface area contributed by atoms with E-state index in [2.05, 4.69) is 12.0 Å². The average Bonchev–Trinajstić information content (AvgIpc) is 2.98. The summed E-state index contributed by atoms with van der Waals surface area (Å²) < 4.78 is 15.0. The second-order valence-electron chi connectivity index (χ2n) is 5.46. The minimum atomic E-state index is -0.190. The standard InChI is InChI=1S/C16H19FN2/c1-11-15(12-5-3-4-6-12)16(19(2)18-11)13-7-9-14(17)10-8-13/h7-10,12H,3-6H2,1-2H3. The highest BCUT2D eigenvalue weighted by Gasteiger charge is 2.25. The van der Waals surface area contributed by atoms with Crippen molar-refractivity contribution in [2.45, 2.75) is 38.5 Å². The molecule has 0 N–H and O–H groups in total. The van der Waals surface area contributed by atoms with E-state index >= 15 is 0 Å². The van der Waals surface area contributed by atoms with Gasteiger partial charge in [0.15, 0.2) is 0 Å². The summed E-state index contributed by atoms with van der Waals surface area (Å²) >= 11 is 0. The first-order valence-electron chi connectivity index (χ1n) is 6.96. The van der Waals surface area contributed by atoms with E-state index in [-0.39, 0.29) is 5.82 Å². The van der Waals surface area contributed by atoms with E-state index in [1.165, 1.54) is 43.4 Å². The number of hydrogen-bond acceptors (Lipinski definition) is 1. The molecule has 19 heavy (non-hydrogen) atoms. The van der Waals surface area contributed by atoms with Crippen molar-refractivity contribution in [3.8, 4) is 11.3 Å². The molecule has 1 saturated carbocycles. The average molecular weight is 258 g/mol. The fraction of sp³-hybridized carbons (Fsp3) is 0.438. The highest BCUT2D eigenvalue weighted by molar-refractivity contribution is 5.65. The van der Waals surface area contributed by atoms with Gasteiger partial charge in [0.05, 0.1) is 11.4 Å². The molecule has 0 spiro atoms. The van der Waals surface area contributed by atoms with Crippen LogP contribution in [0, 0.1) is 12.7 Å². The van der Waals surface area contributed by atoms with E-state index in [4.69, 9.17) is 0 Å². The summed E-state index contributed by atoms with van der Waals surface area (Å²) in [7, 11) is 1.98. The molecule has 2 aromatic rings. The zero-order valence-corrected chi connectivity index (χ0v) is 11.5. The zero-order valence-electron chi connectivity index (χ0n) is 11.5. The Kier molecular flexibility index (Phi) is 3.13. The van der Waals surface area contributed by atoms with Crippen molar-refractivity contribution >= 4 is 0 Å². The Bertz CT molecular complexity index is 578. The number of hydrogen-bond donors (Lipinski definition) is 0. The molecule has 1 aliphatic carbocycles. The Labute approximate surface area is 113 Å². The summed E-state index contributed by atoms with van der Waals surface area (Å²) in [6.45, 7) is 2.08. The highest BCUT2D eigenvalue weighted by Crippen LogP contribution is 2.40. The maximum Gasteiger partial charge on any atom is 0.123 e. The Balaban J connectivity index is 2.11. The van der Waals surface area contributed by atoms with Crippen molar-refractivity contribution < 1.29 is 4.39 Å². The molecular formula is C16H19FN2. The van der Waals surface area contributed by atoms with E-state index < -0.39 is 0 Å². The van der Waals surface area contributed by atoms with E-state index in [9.17, 15) is 4.39 Å². The SMILES string of the molecule is Cc1nn(C)c(-c2ccc(F)cc2)c1C1CCCC1. The Hall–Kier alpha value is -1.64. The molecule has 1 aliphatic rings. The third kappa shape index (κ3) is 2.18. The predicted molar refractivity (Wildman–Crippen MR) is 74.5 cm³/mol. The first kappa shape index (κ1) is 12.4. The Morgan fingerprint density at radius 1 is 1.16 bits per heavy atom. The lowest BCUT2D eigenvalue weighted by atomic mass is 9.93. The van der Waals surface area contributed by atoms with E-state index in [1.54, 1.807) is 0 Å². The Morgan fingerprint density at radius 2 is 1.79 bits per heavy atom. The van der Waals surface area contributed by atoms with Crippen LogP contribution in [0.4, 0.5) is 4.39 Å². The topological polar surface area (TPSA) is 17.8 Å². The number of benzene rings is 1. The highest BCUT2D eigenvalue weighted by atomic mass is 19.1. The van der Waals surface area contributed by atoms with Gasteiger partial charge < -0.3 is 0 Å². The second-order valence-corrected chi connectivity index (χ2v) is 5.46. The molecular weight excluding hydrogens is 239 g/mol. The van der Waals surface area contributed by atoms with Crippen LogP contribution in [0.3, 0.4) is 0 Å². The molecule has 3 rings (SSSR count). The van der Waals surface area contributed by atoms with Crippen LogP contribution in [0.5, 0.6) is 0 Å². The van der Waals surface area contributed by atoms with Gasteiger partial charge in [-0.3, -0.25) is 4.68 Å². The van der Waals surface area contributed by atoms with Crippen molar-refractivity contribution in [2.75, 3.05) is 0 Å². The summed E-state index contributed by atoms with van der Waals surface area (Å²) in [5.74, 6) is 0.429. The summed E-state index contributed by atoms with van der Waals surface area (Å²) in [5.41, 5.74) is 4.70. The van der Waals surface area contributed by atoms with Crippen LogP contribution in [-0.2, 0) is 7.05 Å². The van der Waals surface area contributed by atoms with Crippen molar-refractivity contribution in [1.82, 2.24) is 9.78 Å². The molecule has 0 unspecified atom stereocenters. The lowest BCUT2D eigenvalue weighted by molar-refractivity contribution is 0.628. The fourth-order valence-corrected chi connectivity index (χ4v) is 3.33. The maximum atomic E-state index is 13.1. The van der Waals surface area contributed by atoms with Gasteiger partial charge in [0.1, 0.15) is 5.82 Å². The molecule has 0 atom stereocenters. The zero-order chi connectivity index (χ0) is 13.4. The molecule has 0 amide bonds. The van der Waals surface area contributed by atoms with Gasteiger partial charge in [-0.2, -0.15) is 5.10 Å². The number of aryl methyl sites for hydroxylation is 2. The molecule has 100 valence electrons. The summed E-state index contributed by atoms with van der Waals surface area (Å²) in [6.07, 6.45) is 5.12. The first-order chi connectivity index (χ1) is 9.16. The van der Waals surface area contributed by atoms with Crippen molar-refractivity contribution in [2.24, 2.45) is 7.05 Å². The van der Waals surface area contributed by atoms with Gasteiger partial charge >= 0.3 is 0 Å². The van der Waals surface area contributed by atoms with Crippen LogP contribution in [0.2, 0.25) is 0 Å². The van der Waals surface area contributed by atoms with Gasteiger partial charge in [0.2, 0.25) is 0 Å². The van der Waals surface area contributed by atoms with E-state index in [1.807, 2.05) is 23.9 Å². The van der Waals surface area contributed by atoms with Crippen molar-refractivity contribution in [3.05, 3.63) is 41.3 Å². The molecule has 1 aromatic carbocycles. The molecule has 3 heteroatoms. The lowest BCUT2D eigenvalue weighted by Crippen LogP contribution is -1.99. The minimum absolute atomic E-state index is 0.190. The minimum Gasteiger partial charge on any atom is -0.267 e. The number of rotatable bonds is 2. The number of nitrogens with zero attached hydrogens (tertiary/aromatic N) is 2. The van der Waals surface area contributed by atoms with Gasteiger partial charge in [0.25, 0.3) is 0 Å². The van der Waals surface area contributed by atoms with Crippen LogP contribution in [0.1, 0.15) is 42.9 Å². The molecule has 2 nitrogen and oxygen atoms in total. The first-order valence-corrected chi connectivity index (χ1v) is 6.96. The molecule has 1 heterocycles. The van der Waals surface area contributed by atoms with Gasteiger partial charge in [-0.05, 0) is 49.9 Å². The molecule has 1 aromatic heterocycles. The van der Waals surface area contributed by atoms with Gasteiger partial charge in [0, 0.05) is 18.2 Å². The quantitative estimate of drug-likeness (QED) is 0.789. The normalized spacial score (nSPS) is 16.2. The van der Waals surface area contributed by atoms with Gasteiger partial charge in [-0.15, -0.1) is 0 Å². The fourth-order valence-electron chi connectivity index (χ4n) is 3.33. The summed E-state index contributed by atoms with van der Waals surface area (Å²) in [5, 5.41) is 4.58. The van der Waals surface area contributed by atoms with Crippen LogP contribution < -0.4 is 0 Å². The number of halogens is 1. The second kappa shape index (κ2) is 4.80. The Morgan fingerprint density at radius 3 is 2.42 bits per heavy atom. The smallest absolute Gasteiger partial charge is 0.123 e. The monoisotopic (exact) mass is 258 g/mol. The summed E-state index contributed by atoms with van der Waals surface area (Å²) in [6, 6.07) is 6.75. The maximum absolute atomic E-state index is 13.1. The number of aromatic nitrogens is 2. The van der Waals surface area contributed by atoms with E-state index in [0.717, 1.165) is 17.0 Å². The van der Waals surface area contributed by atoms with Crippen LogP contribution in [0.15, 0.2) is 24.3 Å². The van der Waals surface area contributed by atoms with Crippen molar-refractivity contribution in [3.63, 3.8) is 0 Å². The predicted octanol–water partition coefficient (Wildman–Crippen LogP) is 4.19. The molecule has 0 bridgehead atoms. The van der Waals surface area contributed by atoms with Gasteiger partial charge in [-0.1, -0.05) is 12.8 Å².